The van der Waals surface area contributed by atoms with Crippen LogP contribution in [0.3, 0.4) is 0 Å². The maximum Gasteiger partial charge on any atom is 0.312 e. The predicted molar refractivity (Wildman–Crippen MR) is 94.9 cm³/mol. The number of carbonyl (C=O) groups is 3. The molecule has 0 fully saturated rings. The Kier molecular flexibility index (Phi) is 8.21. The maximum atomic E-state index is 12.1. The van der Waals surface area contributed by atoms with E-state index in [1.807, 2.05) is 13.8 Å². The molecule has 0 saturated heterocycles. The summed E-state index contributed by atoms with van der Waals surface area (Å²) in [6.45, 7) is 5.91. The molecule has 1 aromatic carbocycles. The Morgan fingerprint density at radius 3 is 2.28 bits per heavy atom. The minimum Gasteiger partial charge on any atom is -0.452 e. The van der Waals surface area contributed by atoms with Gasteiger partial charge in [-0.15, -0.1) is 0 Å². The van der Waals surface area contributed by atoms with E-state index in [0.717, 1.165) is 0 Å². The van der Waals surface area contributed by atoms with Gasteiger partial charge in [0, 0.05) is 11.6 Å². The average molecular weight is 370 g/mol. The molecular weight excluding hydrogens is 346 g/mol. The molecule has 0 aliphatic carbocycles. The van der Waals surface area contributed by atoms with Crippen LogP contribution in [0, 0.1) is 5.92 Å². The molecule has 2 atom stereocenters. The van der Waals surface area contributed by atoms with Crippen LogP contribution < -0.4 is 16.4 Å². The number of rotatable bonds is 8. The Balaban J connectivity index is 2.67. The van der Waals surface area contributed by atoms with E-state index in [4.69, 9.17) is 22.1 Å². The van der Waals surface area contributed by atoms with Gasteiger partial charge < -0.3 is 21.1 Å². The molecular formula is C17H24ClN3O4. The van der Waals surface area contributed by atoms with Gasteiger partial charge in [-0.05, 0) is 30.5 Å². The summed E-state index contributed by atoms with van der Waals surface area (Å²) < 4.78 is 5.13. The molecule has 0 heterocycles. The number of nitrogens with one attached hydrogen (secondary N) is 2. The molecule has 25 heavy (non-hydrogen) atoms. The number of benzene rings is 1. The molecule has 3 amide bonds. The van der Waals surface area contributed by atoms with Crippen molar-refractivity contribution in [3.05, 3.63) is 34.9 Å². The molecule has 138 valence electrons. The van der Waals surface area contributed by atoms with Gasteiger partial charge in [0.2, 0.25) is 0 Å². The van der Waals surface area contributed by atoms with Crippen LogP contribution in [0.4, 0.5) is 4.79 Å². The normalized spacial score (nSPS) is 13.0. The number of urea groups is 1. The summed E-state index contributed by atoms with van der Waals surface area (Å²) >= 11 is 5.84. The van der Waals surface area contributed by atoms with Gasteiger partial charge >= 0.3 is 12.0 Å². The van der Waals surface area contributed by atoms with Gasteiger partial charge in [0.25, 0.3) is 5.91 Å². The number of ether oxygens (including phenoxy) is 1. The SMILES string of the molecule is CC(C)CNC(=O)[C@@H](C)OC(=O)C[C@@H](NC(N)=O)c1ccc(Cl)cc1. The molecule has 0 aliphatic rings. The molecule has 1 rings (SSSR count). The lowest BCUT2D eigenvalue weighted by Crippen LogP contribution is -2.39. The van der Waals surface area contributed by atoms with E-state index in [1.54, 1.807) is 24.3 Å². The highest BCUT2D eigenvalue weighted by Gasteiger charge is 2.22. The number of hydrogen-bond donors (Lipinski definition) is 3. The summed E-state index contributed by atoms with van der Waals surface area (Å²) in [5.41, 5.74) is 5.81. The summed E-state index contributed by atoms with van der Waals surface area (Å²) in [6, 6.07) is 5.19. The van der Waals surface area contributed by atoms with Crippen LogP contribution in [-0.4, -0.2) is 30.6 Å². The zero-order valence-electron chi connectivity index (χ0n) is 14.5. The monoisotopic (exact) mass is 369 g/mol. The number of primary amides is 1. The van der Waals surface area contributed by atoms with Crippen molar-refractivity contribution in [3.63, 3.8) is 0 Å². The maximum absolute atomic E-state index is 12.1. The van der Waals surface area contributed by atoms with Crippen LogP contribution >= 0.6 is 11.6 Å². The molecule has 8 heteroatoms. The van der Waals surface area contributed by atoms with E-state index in [-0.39, 0.29) is 12.3 Å². The number of carbonyl (C=O) groups excluding carboxylic acids is 3. The van der Waals surface area contributed by atoms with E-state index in [9.17, 15) is 14.4 Å². The third-order valence-corrected chi connectivity index (χ3v) is 3.57. The van der Waals surface area contributed by atoms with Crippen molar-refractivity contribution < 1.29 is 19.1 Å². The topological polar surface area (TPSA) is 111 Å². The number of amides is 3. The quantitative estimate of drug-likeness (QED) is 0.609. The fourth-order valence-electron chi connectivity index (χ4n) is 2.03. The van der Waals surface area contributed by atoms with Gasteiger partial charge in [-0.25, -0.2) is 4.79 Å². The third kappa shape index (κ3) is 7.89. The molecule has 0 saturated carbocycles. The Labute approximate surface area is 152 Å². The van der Waals surface area contributed by atoms with E-state index >= 15 is 0 Å². The standard InChI is InChI=1S/C17H24ClN3O4/c1-10(2)9-20-16(23)11(3)25-15(22)8-14(21-17(19)24)12-4-6-13(18)7-5-12/h4-7,10-11,14H,8-9H2,1-3H3,(H,20,23)(H3,19,21,24)/t11-,14-/m1/s1. The van der Waals surface area contributed by atoms with Crippen LogP contribution in [0.1, 0.15) is 38.8 Å². The zero-order chi connectivity index (χ0) is 19.0. The molecule has 0 radical (unpaired) electrons. The first-order valence-corrected chi connectivity index (χ1v) is 8.35. The zero-order valence-corrected chi connectivity index (χ0v) is 15.3. The minimum atomic E-state index is -0.925. The number of halogens is 1. The molecule has 4 N–H and O–H groups in total. The van der Waals surface area contributed by atoms with Crippen LogP contribution in [-0.2, 0) is 14.3 Å². The predicted octanol–water partition coefficient (Wildman–Crippen LogP) is 2.14. The van der Waals surface area contributed by atoms with Gasteiger partial charge in [0.15, 0.2) is 6.10 Å². The largest absolute Gasteiger partial charge is 0.452 e. The van der Waals surface area contributed by atoms with Gasteiger partial charge in [-0.3, -0.25) is 9.59 Å². The van der Waals surface area contributed by atoms with Gasteiger partial charge in [-0.2, -0.15) is 0 Å². The first-order chi connectivity index (χ1) is 11.7. The van der Waals surface area contributed by atoms with Crippen molar-refractivity contribution in [1.29, 1.82) is 0 Å². The van der Waals surface area contributed by atoms with Crippen LogP contribution in [0.25, 0.3) is 0 Å². The van der Waals surface area contributed by atoms with Gasteiger partial charge in [-0.1, -0.05) is 37.6 Å². The molecule has 0 aliphatic heterocycles. The van der Waals surface area contributed by atoms with Crippen molar-refractivity contribution >= 4 is 29.5 Å². The summed E-state index contributed by atoms with van der Waals surface area (Å²) in [6.07, 6.45) is -1.09. The van der Waals surface area contributed by atoms with Crippen molar-refractivity contribution in [2.75, 3.05) is 6.54 Å². The smallest absolute Gasteiger partial charge is 0.312 e. The Morgan fingerprint density at radius 2 is 1.76 bits per heavy atom. The van der Waals surface area contributed by atoms with E-state index in [1.165, 1.54) is 6.92 Å². The fraction of sp³-hybridized carbons (Fsp3) is 0.471. The lowest BCUT2D eigenvalue weighted by molar-refractivity contribution is -0.155. The summed E-state index contributed by atoms with van der Waals surface area (Å²) in [5, 5.41) is 5.70. The van der Waals surface area contributed by atoms with Gasteiger partial charge in [0.05, 0.1) is 12.5 Å². The number of esters is 1. The lowest BCUT2D eigenvalue weighted by atomic mass is 10.0. The Hall–Kier alpha value is -2.28. The van der Waals surface area contributed by atoms with Crippen molar-refractivity contribution in [2.24, 2.45) is 11.7 Å². The second-order valence-corrected chi connectivity index (χ2v) is 6.52. The highest BCUT2D eigenvalue weighted by molar-refractivity contribution is 6.30. The molecule has 0 bridgehead atoms. The van der Waals surface area contributed by atoms with Crippen molar-refractivity contribution in [2.45, 2.75) is 39.3 Å². The van der Waals surface area contributed by atoms with E-state index < -0.39 is 24.1 Å². The summed E-state index contributed by atoms with van der Waals surface area (Å²) in [4.78, 5) is 35.1. The highest BCUT2D eigenvalue weighted by atomic mass is 35.5. The van der Waals surface area contributed by atoms with E-state index in [2.05, 4.69) is 10.6 Å². The first-order valence-electron chi connectivity index (χ1n) is 7.97. The van der Waals surface area contributed by atoms with Crippen LogP contribution in [0.15, 0.2) is 24.3 Å². The Bertz CT molecular complexity index is 604. The second kappa shape index (κ2) is 9.88. The average Bonchev–Trinajstić information content (AvgIpc) is 2.52. The number of nitrogens with two attached hydrogens (primary N) is 1. The van der Waals surface area contributed by atoms with Crippen LogP contribution in [0.5, 0.6) is 0 Å². The molecule has 0 spiro atoms. The minimum absolute atomic E-state index is 0.160. The van der Waals surface area contributed by atoms with Crippen molar-refractivity contribution in [1.82, 2.24) is 10.6 Å². The lowest BCUT2D eigenvalue weighted by Gasteiger charge is -2.19. The molecule has 0 aromatic heterocycles. The van der Waals surface area contributed by atoms with E-state index in [0.29, 0.717) is 23.0 Å². The number of hydrogen-bond acceptors (Lipinski definition) is 4. The van der Waals surface area contributed by atoms with Crippen molar-refractivity contribution in [3.8, 4) is 0 Å². The Morgan fingerprint density at radius 1 is 1.16 bits per heavy atom. The third-order valence-electron chi connectivity index (χ3n) is 3.32. The molecule has 7 nitrogen and oxygen atoms in total. The van der Waals surface area contributed by atoms with Gasteiger partial charge in [0.1, 0.15) is 0 Å². The fourth-order valence-corrected chi connectivity index (χ4v) is 2.16. The summed E-state index contributed by atoms with van der Waals surface area (Å²) in [7, 11) is 0. The first kappa shape index (κ1) is 20.8. The molecule has 1 aromatic rings. The highest BCUT2D eigenvalue weighted by Crippen LogP contribution is 2.20. The summed E-state index contributed by atoms with van der Waals surface area (Å²) in [5.74, 6) is -0.699. The molecule has 0 unspecified atom stereocenters. The van der Waals surface area contributed by atoms with Crippen LogP contribution in [0.2, 0.25) is 5.02 Å². The second-order valence-electron chi connectivity index (χ2n) is 6.09.